The fourth-order valence-corrected chi connectivity index (χ4v) is 4.69. The maximum absolute atomic E-state index is 12.5. The van der Waals surface area contributed by atoms with Gasteiger partial charge in [-0.1, -0.05) is 6.92 Å². The Morgan fingerprint density at radius 1 is 1.38 bits per heavy atom. The summed E-state index contributed by atoms with van der Waals surface area (Å²) >= 11 is 1.60. The van der Waals surface area contributed by atoms with E-state index in [0.717, 1.165) is 58.8 Å². The second-order valence-electron chi connectivity index (χ2n) is 7.14. The summed E-state index contributed by atoms with van der Waals surface area (Å²) in [5.41, 5.74) is 1.08. The highest BCUT2D eigenvalue weighted by Crippen LogP contribution is 2.36. The van der Waals surface area contributed by atoms with E-state index in [4.69, 9.17) is 4.98 Å². The number of aliphatic hydroxyl groups is 1. The zero-order valence-electron chi connectivity index (χ0n) is 15.0. The van der Waals surface area contributed by atoms with E-state index in [0.29, 0.717) is 0 Å². The van der Waals surface area contributed by atoms with Gasteiger partial charge in [-0.3, -0.25) is 9.69 Å². The van der Waals surface area contributed by atoms with E-state index in [2.05, 4.69) is 23.7 Å². The molecule has 0 amide bonds. The predicted octanol–water partition coefficient (Wildman–Crippen LogP) is 3.15. The van der Waals surface area contributed by atoms with Gasteiger partial charge in [-0.05, 0) is 64.1 Å². The molecule has 24 heavy (non-hydrogen) atoms. The quantitative estimate of drug-likeness (QED) is 0.890. The lowest BCUT2D eigenvalue weighted by Crippen LogP contribution is -2.43. The maximum Gasteiger partial charge on any atom is 0.259 e. The second-order valence-corrected chi connectivity index (χ2v) is 8.34. The number of hydrogen-bond acceptors (Lipinski definition) is 5. The van der Waals surface area contributed by atoms with Gasteiger partial charge in [0.1, 0.15) is 10.7 Å². The van der Waals surface area contributed by atoms with E-state index in [9.17, 15) is 9.90 Å². The number of H-pyrrole nitrogens is 1. The standard InChI is InChI=1S/C18H27N3O2S/c1-5-18(10-22)6-8-21(9-7-18)12(3)15-19-16(23)14-11(2)13(4)24-17(14)20-15/h12,22H,5-10H2,1-4H3,(H,19,20,23). The molecule has 1 atom stereocenters. The lowest BCUT2D eigenvalue weighted by atomic mass is 9.76. The van der Waals surface area contributed by atoms with Crippen LogP contribution in [0.5, 0.6) is 0 Å². The van der Waals surface area contributed by atoms with Crippen LogP contribution in [0.2, 0.25) is 0 Å². The van der Waals surface area contributed by atoms with Crippen molar-refractivity contribution in [1.29, 1.82) is 0 Å². The molecule has 0 aliphatic carbocycles. The Hall–Kier alpha value is -1.24. The minimum absolute atomic E-state index is 0.0287. The molecule has 2 aromatic rings. The SMILES string of the molecule is CCC1(CO)CCN(C(C)c2nc3sc(C)c(C)c3c(=O)[nH]2)CC1. The number of aryl methyl sites for hydroxylation is 2. The molecular weight excluding hydrogens is 322 g/mol. The molecule has 5 nitrogen and oxygen atoms in total. The van der Waals surface area contributed by atoms with Gasteiger partial charge in [-0.2, -0.15) is 0 Å². The minimum Gasteiger partial charge on any atom is -0.396 e. The molecule has 0 aromatic carbocycles. The van der Waals surface area contributed by atoms with Crippen LogP contribution in [0.25, 0.3) is 10.2 Å². The summed E-state index contributed by atoms with van der Waals surface area (Å²) in [5.74, 6) is 0.752. The van der Waals surface area contributed by atoms with Crippen LogP contribution >= 0.6 is 11.3 Å². The van der Waals surface area contributed by atoms with Crippen LogP contribution < -0.4 is 5.56 Å². The van der Waals surface area contributed by atoms with Gasteiger partial charge in [0.05, 0.1) is 11.4 Å². The van der Waals surface area contributed by atoms with Crippen molar-refractivity contribution in [2.45, 2.75) is 53.0 Å². The zero-order chi connectivity index (χ0) is 17.5. The third-order valence-electron chi connectivity index (χ3n) is 5.94. The van der Waals surface area contributed by atoms with Gasteiger partial charge in [0.25, 0.3) is 5.56 Å². The van der Waals surface area contributed by atoms with Crippen molar-refractivity contribution in [3.8, 4) is 0 Å². The fraction of sp³-hybridized carbons (Fsp3) is 0.667. The number of thiophene rings is 1. The first-order valence-corrected chi connectivity index (χ1v) is 9.57. The Labute approximate surface area is 146 Å². The predicted molar refractivity (Wildman–Crippen MR) is 98.7 cm³/mol. The number of hydrogen-bond donors (Lipinski definition) is 2. The summed E-state index contributed by atoms with van der Waals surface area (Å²) in [6.07, 6.45) is 3.00. The minimum atomic E-state index is -0.0287. The van der Waals surface area contributed by atoms with Gasteiger partial charge in [0.15, 0.2) is 0 Å². The number of piperidine rings is 1. The topological polar surface area (TPSA) is 69.2 Å². The molecule has 1 unspecified atom stereocenters. The van der Waals surface area contributed by atoms with E-state index in [1.807, 2.05) is 13.8 Å². The summed E-state index contributed by atoms with van der Waals surface area (Å²) in [7, 11) is 0. The molecule has 0 radical (unpaired) electrons. The lowest BCUT2D eigenvalue weighted by Gasteiger charge is -2.42. The molecule has 0 bridgehead atoms. The molecule has 2 N–H and O–H groups in total. The Balaban J connectivity index is 1.85. The molecule has 3 heterocycles. The number of nitrogens with one attached hydrogen (secondary N) is 1. The highest BCUT2D eigenvalue weighted by atomic mass is 32.1. The molecule has 0 spiro atoms. The van der Waals surface area contributed by atoms with Gasteiger partial charge in [0.2, 0.25) is 0 Å². The lowest BCUT2D eigenvalue weighted by molar-refractivity contribution is 0.0257. The molecule has 0 saturated carbocycles. The molecule has 1 saturated heterocycles. The first kappa shape index (κ1) is 17.6. The van der Waals surface area contributed by atoms with Gasteiger partial charge in [-0.25, -0.2) is 4.98 Å². The molecule has 6 heteroatoms. The molecule has 3 rings (SSSR count). The van der Waals surface area contributed by atoms with Crippen molar-refractivity contribution in [1.82, 2.24) is 14.9 Å². The van der Waals surface area contributed by atoms with Crippen LogP contribution in [-0.2, 0) is 0 Å². The van der Waals surface area contributed by atoms with Crippen molar-refractivity contribution < 1.29 is 5.11 Å². The number of aromatic nitrogens is 2. The van der Waals surface area contributed by atoms with Crippen LogP contribution in [0.15, 0.2) is 4.79 Å². The Kier molecular flexibility index (Phi) is 4.82. The highest BCUT2D eigenvalue weighted by Gasteiger charge is 2.34. The van der Waals surface area contributed by atoms with E-state index in [-0.39, 0.29) is 23.6 Å². The number of aliphatic hydroxyl groups excluding tert-OH is 1. The Morgan fingerprint density at radius 2 is 2.04 bits per heavy atom. The van der Waals surface area contributed by atoms with Crippen molar-refractivity contribution in [2.75, 3.05) is 19.7 Å². The second kappa shape index (κ2) is 6.58. The number of nitrogens with zero attached hydrogens (tertiary/aromatic N) is 2. The van der Waals surface area contributed by atoms with Crippen LogP contribution in [-0.4, -0.2) is 39.7 Å². The van der Waals surface area contributed by atoms with Crippen LogP contribution in [0, 0.1) is 19.3 Å². The number of fused-ring (bicyclic) bond motifs is 1. The summed E-state index contributed by atoms with van der Waals surface area (Å²) in [4.78, 5) is 24.6. The molecule has 132 valence electrons. The average molecular weight is 350 g/mol. The molecule has 1 aliphatic rings. The summed E-state index contributed by atoms with van der Waals surface area (Å²) in [5, 5.41) is 10.4. The third kappa shape index (κ3) is 2.91. The van der Waals surface area contributed by atoms with Crippen molar-refractivity contribution in [3.05, 3.63) is 26.6 Å². The number of aromatic amines is 1. The zero-order valence-corrected chi connectivity index (χ0v) is 15.8. The maximum atomic E-state index is 12.5. The average Bonchev–Trinajstić information content (AvgIpc) is 2.89. The number of rotatable bonds is 4. The Morgan fingerprint density at radius 3 is 2.62 bits per heavy atom. The summed E-state index contributed by atoms with van der Waals surface area (Å²) in [6.45, 7) is 10.4. The monoisotopic (exact) mass is 349 g/mol. The Bertz CT molecular complexity index is 781. The van der Waals surface area contributed by atoms with E-state index >= 15 is 0 Å². The molecular formula is C18H27N3O2S. The first-order chi connectivity index (χ1) is 11.4. The van der Waals surface area contributed by atoms with Gasteiger partial charge < -0.3 is 10.1 Å². The third-order valence-corrected chi connectivity index (χ3v) is 7.05. The van der Waals surface area contributed by atoms with Gasteiger partial charge in [0, 0.05) is 11.5 Å². The van der Waals surface area contributed by atoms with Gasteiger partial charge in [-0.15, -0.1) is 11.3 Å². The van der Waals surface area contributed by atoms with Crippen molar-refractivity contribution in [3.63, 3.8) is 0 Å². The summed E-state index contributed by atoms with van der Waals surface area (Å²) < 4.78 is 0. The van der Waals surface area contributed by atoms with E-state index in [1.165, 1.54) is 0 Å². The highest BCUT2D eigenvalue weighted by molar-refractivity contribution is 7.18. The smallest absolute Gasteiger partial charge is 0.259 e. The number of likely N-dealkylation sites (tertiary alicyclic amines) is 1. The molecule has 2 aromatic heterocycles. The fourth-order valence-electron chi connectivity index (χ4n) is 3.65. The van der Waals surface area contributed by atoms with Gasteiger partial charge >= 0.3 is 0 Å². The van der Waals surface area contributed by atoms with E-state index in [1.54, 1.807) is 11.3 Å². The summed E-state index contributed by atoms with van der Waals surface area (Å²) in [6, 6.07) is 0.0818. The largest absolute Gasteiger partial charge is 0.396 e. The van der Waals surface area contributed by atoms with Crippen LogP contribution in [0.4, 0.5) is 0 Å². The van der Waals surface area contributed by atoms with Crippen LogP contribution in [0.1, 0.15) is 55.4 Å². The first-order valence-electron chi connectivity index (χ1n) is 8.75. The molecule has 1 aliphatic heterocycles. The molecule has 1 fully saturated rings. The van der Waals surface area contributed by atoms with Crippen molar-refractivity contribution >= 4 is 21.6 Å². The van der Waals surface area contributed by atoms with E-state index < -0.39 is 0 Å². The normalized spacial score (nSPS) is 19.7. The van der Waals surface area contributed by atoms with Crippen LogP contribution in [0.3, 0.4) is 0 Å². The van der Waals surface area contributed by atoms with Crippen molar-refractivity contribution in [2.24, 2.45) is 5.41 Å².